The number of carbonyl (C=O) groups is 2. The van der Waals surface area contributed by atoms with E-state index in [1.54, 1.807) is 0 Å². The molecule has 1 rings (SSSR count). The SMILES string of the molecule is [N-]=[N+]=NCC(=O)NCCC(=O)Sc1ccccc1. The standard InChI is InChI=1S/C11H12N4O2S/c12-15-14-8-10(16)13-7-6-11(17)18-9-4-2-1-3-5-9/h1-5H,6-8H2,(H,13,16). The zero-order valence-electron chi connectivity index (χ0n) is 9.57. The Morgan fingerprint density at radius 1 is 1.33 bits per heavy atom. The zero-order valence-corrected chi connectivity index (χ0v) is 10.4. The van der Waals surface area contributed by atoms with Crippen molar-refractivity contribution >= 4 is 22.8 Å². The molecule has 0 aromatic heterocycles. The highest BCUT2D eigenvalue weighted by Gasteiger charge is 2.05. The summed E-state index contributed by atoms with van der Waals surface area (Å²) in [6.07, 6.45) is 0.238. The van der Waals surface area contributed by atoms with E-state index in [1.807, 2.05) is 30.3 Å². The molecule has 0 fully saturated rings. The van der Waals surface area contributed by atoms with Gasteiger partial charge in [-0.05, 0) is 17.7 Å². The Hall–Kier alpha value is -1.98. The smallest absolute Gasteiger partial charge is 0.225 e. The molecule has 0 aliphatic heterocycles. The van der Waals surface area contributed by atoms with Crippen LogP contribution in [-0.4, -0.2) is 24.1 Å². The molecule has 0 saturated carbocycles. The molecule has 0 atom stereocenters. The molecule has 0 saturated heterocycles. The lowest BCUT2D eigenvalue weighted by molar-refractivity contribution is -0.119. The Morgan fingerprint density at radius 3 is 2.72 bits per heavy atom. The summed E-state index contributed by atoms with van der Waals surface area (Å²) in [7, 11) is 0. The Labute approximate surface area is 108 Å². The van der Waals surface area contributed by atoms with Gasteiger partial charge in [0.2, 0.25) is 5.91 Å². The minimum absolute atomic E-state index is 0.0229. The monoisotopic (exact) mass is 264 g/mol. The highest BCUT2D eigenvalue weighted by atomic mass is 32.2. The first-order valence-electron chi connectivity index (χ1n) is 5.25. The summed E-state index contributed by atoms with van der Waals surface area (Å²) in [5.41, 5.74) is 8.01. The van der Waals surface area contributed by atoms with E-state index in [1.165, 1.54) is 0 Å². The largest absolute Gasteiger partial charge is 0.356 e. The third-order valence-corrected chi connectivity index (χ3v) is 2.84. The van der Waals surface area contributed by atoms with Crippen LogP contribution >= 0.6 is 11.8 Å². The number of nitrogens with one attached hydrogen (secondary N) is 1. The Bertz CT molecular complexity index is 457. The maximum Gasteiger partial charge on any atom is 0.225 e. The minimum atomic E-state index is -0.384. The van der Waals surface area contributed by atoms with E-state index in [9.17, 15) is 9.59 Å². The fourth-order valence-electron chi connectivity index (χ4n) is 1.13. The van der Waals surface area contributed by atoms with E-state index < -0.39 is 0 Å². The topological polar surface area (TPSA) is 94.9 Å². The van der Waals surface area contributed by atoms with E-state index in [-0.39, 0.29) is 30.5 Å². The van der Waals surface area contributed by atoms with Gasteiger partial charge in [0, 0.05) is 22.8 Å². The van der Waals surface area contributed by atoms with Crippen LogP contribution in [0.2, 0.25) is 0 Å². The van der Waals surface area contributed by atoms with Gasteiger partial charge in [0.1, 0.15) is 6.54 Å². The van der Waals surface area contributed by atoms with Gasteiger partial charge < -0.3 is 5.32 Å². The van der Waals surface area contributed by atoms with Crippen molar-refractivity contribution in [2.45, 2.75) is 11.3 Å². The van der Waals surface area contributed by atoms with Crippen LogP contribution in [0.1, 0.15) is 6.42 Å². The first-order chi connectivity index (χ1) is 8.72. The third kappa shape index (κ3) is 5.93. The highest BCUT2D eigenvalue weighted by Crippen LogP contribution is 2.18. The fourth-order valence-corrected chi connectivity index (χ4v) is 1.89. The minimum Gasteiger partial charge on any atom is -0.356 e. The normalized spacial score (nSPS) is 9.33. The first-order valence-corrected chi connectivity index (χ1v) is 6.07. The molecule has 1 aromatic carbocycles. The number of rotatable bonds is 6. The van der Waals surface area contributed by atoms with Crippen LogP contribution in [0, 0.1) is 0 Å². The van der Waals surface area contributed by atoms with Crippen molar-refractivity contribution in [3.8, 4) is 0 Å². The second-order valence-corrected chi connectivity index (χ2v) is 4.41. The van der Waals surface area contributed by atoms with Gasteiger partial charge in [0.15, 0.2) is 5.12 Å². The molecule has 0 aliphatic rings. The number of amides is 1. The van der Waals surface area contributed by atoms with E-state index in [2.05, 4.69) is 15.3 Å². The fraction of sp³-hybridized carbons (Fsp3) is 0.273. The maximum atomic E-state index is 11.5. The lowest BCUT2D eigenvalue weighted by Gasteiger charge is -2.02. The number of thioether (sulfide) groups is 1. The Morgan fingerprint density at radius 2 is 2.06 bits per heavy atom. The van der Waals surface area contributed by atoms with E-state index >= 15 is 0 Å². The number of carbonyl (C=O) groups excluding carboxylic acids is 2. The molecule has 0 unspecified atom stereocenters. The molecule has 0 bridgehead atoms. The third-order valence-electron chi connectivity index (χ3n) is 1.90. The van der Waals surface area contributed by atoms with Crippen LogP contribution in [0.25, 0.3) is 10.4 Å². The van der Waals surface area contributed by atoms with Gasteiger partial charge >= 0.3 is 0 Å². The first kappa shape index (κ1) is 14.1. The second kappa shape index (κ2) is 8.16. The lowest BCUT2D eigenvalue weighted by Crippen LogP contribution is -2.27. The predicted molar refractivity (Wildman–Crippen MR) is 68.9 cm³/mol. The van der Waals surface area contributed by atoms with Crippen molar-refractivity contribution in [3.05, 3.63) is 40.8 Å². The molecule has 1 aromatic rings. The molecule has 1 N–H and O–H groups in total. The van der Waals surface area contributed by atoms with Gasteiger partial charge in [0.25, 0.3) is 0 Å². The molecule has 1 amide bonds. The number of benzene rings is 1. The molecule has 7 heteroatoms. The van der Waals surface area contributed by atoms with Crippen LogP contribution in [0.15, 0.2) is 40.3 Å². The second-order valence-electron chi connectivity index (χ2n) is 3.28. The van der Waals surface area contributed by atoms with Crippen LogP contribution in [0.4, 0.5) is 0 Å². The van der Waals surface area contributed by atoms with Crippen LogP contribution in [0.3, 0.4) is 0 Å². The van der Waals surface area contributed by atoms with E-state index in [0.717, 1.165) is 16.7 Å². The Balaban J connectivity index is 2.22. The van der Waals surface area contributed by atoms with Crippen molar-refractivity contribution in [2.24, 2.45) is 5.11 Å². The van der Waals surface area contributed by atoms with Crippen LogP contribution < -0.4 is 5.32 Å². The number of hydrogen-bond donors (Lipinski definition) is 1. The van der Waals surface area contributed by atoms with Gasteiger partial charge in [-0.25, -0.2) is 0 Å². The predicted octanol–water partition coefficient (Wildman–Crippen LogP) is 2.12. The average molecular weight is 264 g/mol. The number of azide groups is 1. The molecule has 0 radical (unpaired) electrons. The summed E-state index contributed by atoms with van der Waals surface area (Å²) in [5.74, 6) is -0.384. The van der Waals surface area contributed by atoms with Crippen molar-refractivity contribution < 1.29 is 9.59 Å². The lowest BCUT2D eigenvalue weighted by atomic mass is 10.4. The molecule has 6 nitrogen and oxygen atoms in total. The summed E-state index contributed by atoms with van der Waals surface area (Å²) in [4.78, 5) is 25.9. The molecule has 0 spiro atoms. The maximum absolute atomic E-state index is 11.5. The van der Waals surface area contributed by atoms with Gasteiger partial charge in [-0.1, -0.05) is 35.1 Å². The summed E-state index contributed by atoms with van der Waals surface area (Å²) in [5, 5.41) is 5.59. The molecular formula is C11H12N4O2S. The summed E-state index contributed by atoms with van der Waals surface area (Å²) < 4.78 is 0. The van der Waals surface area contributed by atoms with Gasteiger partial charge in [0.05, 0.1) is 0 Å². The van der Waals surface area contributed by atoms with E-state index in [4.69, 9.17) is 5.53 Å². The van der Waals surface area contributed by atoms with Gasteiger partial charge in [-0.3, -0.25) is 9.59 Å². The van der Waals surface area contributed by atoms with E-state index in [0.29, 0.717) is 0 Å². The molecule has 0 heterocycles. The molecule has 0 aliphatic carbocycles. The molecule has 94 valence electrons. The molecular weight excluding hydrogens is 252 g/mol. The quantitative estimate of drug-likeness (QED) is 0.369. The van der Waals surface area contributed by atoms with Crippen molar-refractivity contribution in [1.29, 1.82) is 0 Å². The Kier molecular flexibility index (Phi) is 6.38. The van der Waals surface area contributed by atoms with Crippen LogP contribution in [-0.2, 0) is 9.59 Å². The highest BCUT2D eigenvalue weighted by molar-refractivity contribution is 8.13. The molecule has 18 heavy (non-hydrogen) atoms. The summed E-state index contributed by atoms with van der Waals surface area (Å²) in [6.45, 7) is 0.00890. The van der Waals surface area contributed by atoms with Gasteiger partial charge in [-0.15, -0.1) is 0 Å². The van der Waals surface area contributed by atoms with Crippen molar-refractivity contribution in [1.82, 2.24) is 5.32 Å². The van der Waals surface area contributed by atoms with Gasteiger partial charge in [-0.2, -0.15) is 0 Å². The number of nitrogens with zero attached hydrogens (tertiary/aromatic N) is 3. The number of hydrogen-bond acceptors (Lipinski definition) is 4. The van der Waals surface area contributed by atoms with Crippen molar-refractivity contribution in [3.63, 3.8) is 0 Å². The average Bonchev–Trinajstić information content (AvgIpc) is 2.37. The summed E-state index contributed by atoms with van der Waals surface area (Å²) in [6, 6.07) is 9.30. The van der Waals surface area contributed by atoms with Crippen molar-refractivity contribution in [2.75, 3.05) is 13.1 Å². The zero-order chi connectivity index (χ0) is 13.2. The summed E-state index contributed by atoms with van der Waals surface area (Å²) >= 11 is 1.14. The van der Waals surface area contributed by atoms with Crippen LogP contribution in [0.5, 0.6) is 0 Å².